The van der Waals surface area contributed by atoms with E-state index in [0.717, 1.165) is 0 Å². The van der Waals surface area contributed by atoms with Crippen molar-refractivity contribution in [1.82, 2.24) is 4.98 Å². The van der Waals surface area contributed by atoms with Gasteiger partial charge >= 0.3 is 5.97 Å². The molecular weight excluding hydrogens is 322 g/mol. The monoisotopic (exact) mass is 332 g/mol. The summed E-state index contributed by atoms with van der Waals surface area (Å²) in [6.45, 7) is 1.89. The van der Waals surface area contributed by atoms with Crippen LogP contribution in [0.5, 0.6) is 0 Å². The molecule has 0 saturated heterocycles. The molecule has 0 N–H and O–H groups in total. The molecule has 0 atom stereocenters. The molecule has 0 bridgehead atoms. The third-order valence-corrected chi connectivity index (χ3v) is 2.82. The first-order valence-corrected chi connectivity index (χ1v) is 6.58. The molecule has 0 amide bonds. The smallest absolute Gasteiger partial charge is 0.311 e. The molecule has 0 aliphatic carbocycles. The van der Waals surface area contributed by atoms with Gasteiger partial charge in [-0.15, -0.1) is 0 Å². The van der Waals surface area contributed by atoms with E-state index in [4.69, 9.17) is 10.00 Å². The van der Waals surface area contributed by atoms with Gasteiger partial charge in [0.25, 0.3) is 6.43 Å². The number of hydrogen-bond donors (Lipinski definition) is 0. The predicted molar refractivity (Wildman–Crippen MR) is 66.9 cm³/mol. The van der Waals surface area contributed by atoms with Crippen LogP contribution in [0.3, 0.4) is 0 Å². The summed E-state index contributed by atoms with van der Waals surface area (Å²) < 4.78 is 30.5. The fourth-order valence-corrected chi connectivity index (χ4v) is 1.98. The van der Waals surface area contributed by atoms with Crippen LogP contribution < -0.4 is 0 Å². The van der Waals surface area contributed by atoms with Gasteiger partial charge < -0.3 is 4.74 Å². The van der Waals surface area contributed by atoms with Gasteiger partial charge in [-0.05, 0) is 13.0 Å². The van der Waals surface area contributed by atoms with Gasteiger partial charge in [-0.25, -0.2) is 8.78 Å². The van der Waals surface area contributed by atoms with Gasteiger partial charge in [0.05, 0.1) is 41.6 Å². The van der Waals surface area contributed by atoms with Crippen LogP contribution >= 0.6 is 15.9 Å². The molecule has 1 heterocycles. The van der Waals surface area contributed by atoms with Crippen molar-refractivity contribution in [2.45, 2.75) is 25.1 Å². The van der Waals surface area contributed by atoms with Crippen molar-refractivity contribution < 1.29 is 18.3 Å². The molecule has 19 heavy (non-hydrogen) atoms. The number of alkyl halides is 3. The lowest BCUT2D eigenvalue weighted by Gasteiger charge is -2.10. The van der Waals surface area contributed by atoms with Crippen molar-refractivity contribution in [3.8, 4) is 6.07 Å². The fraction of sp³-hybridized carbons (Fsp3) is 0.417. The molecule has 102 valence electrons. The van der Waals surface area contributed by atoms with Crippen LogP contribution in [0.1, 0.15) is 35.9 Å². The van der Waals surface area contributed by atoms with Crippen molar-refractivity contribution >= 4 is 21.9 Å². The first-order valence-electron chi connectivity index (χ1n) is 5.46. The molecule has 7 heteroatoms. The van der Waals surface area contributed by atoms with Crippen molar-refractivity contribution in [1.29, 1.82) is 5.26 Å². The third kappa shape index (κ3) is 3.96. The second-order valence-corrected chi connectivity index (χ2v) is 4.11. The molecule has 0 spiro atoms. The van der Waals surface area contributed by atoms with Crippen molar-refractivity contribution in [2.75, 3.05) is 6.61 Å². The second-order valence-electron chi connectivity index (χ2n) is 3.55. The minimum Gasteiger partial charge on any atom is -0.466 e. The fourth-order valence-electron chi connectivity index (χ4n) is 1.55. The Morgan fingerprint density at radius 2 is 2.32 bits per heavy atom. The number of nitriles is 1. The molecule has 1 aromatic heterocycles. The Balaban J connectivity index is 3.17. The van der Waals surface area contributed by atoms with Crippen LogP contribution in [-0.4, -0.2) is 17.6 Å². The van der Waals surface area contributed by atoms with Crippen LogP contribution in [0, 0.1) is 11.3 Å². The lowest BCUT2D eigenvalue weighted by atomic mass is 10.1. The number of rotatable bonds is 5. The Morgan fingerprint density at radius 1 is 1.63 bits per heavy atom. The lowest BCUT2D eigenvalue weighted by molar-refractivity contribution is -0.142. The van der Waals surface area contributed by atoms with Crippen molar-refractivity contribution in [2.24, 2.45) is 0 Å². The molecule has 4 nitrogen and oxygen atoms in total. The molecule has 1 aromatic rings. The van der Waals surface area contributed by atoms with E-state index in [1.54, 1.807) is 13.0 Å². The number of esters is 1. The summed E-state index contributed by atoms with van der Waals surface area (Å²) in [6, 6.07) is 2.90. The number of halogens is 3. The van der Waals surface area contributed by atoms with Crippen LogP contribution in [0.15, 0.2) is 6.07 Å². The first kappa shape index (κ1) is 15.5. The highest BCUT2D eigenvalue weighted by Crippen LogP contribution is 2.27. The van der Waals surface area contributed by atoms with Crippen LogP contribution in [0.25, 0.3) is 0 Å². The summed E-state index contributed by atoms with van der Waals surface area (Å²) in [7, 11) is 0. The third-order valence-electron chi connectivity index (χ3n) is 2.29. The molecule has 0 unspecified atom stereocenters. The van der Waals surface area contributed by atoms with Gasteiger partial charge in [-0.2, -0.15) is 5.26 Å². The van der Waals surface area contributed by atoms with E-state index in [2.05, 4.69) is 20.9 Å². The van der Waals surface area contributed by atoms with Gasteiger partial charge in [-0.3, -0.25) is 9.78 Å². The average molecular weight is 333 g/mol. The van der Waals surface area contributed by atoms with Gasteiger partial charge in [0, 0.05) is 5.33 Å². The zero-order valence-electron chi connectivity index (χ0n) is 10.1. The predicted octanol–water partition coefficient (Wildman–Crippen LogP) is 2.89. The number of hydrogen-bond acceptors (Lipinski definition) is 4. The molecule has 0 fully saturated rings. The zero-order valence-corrected chi connectivity index (χ0v) is 11.7. The topological polar surface area (TPSA) is 63.0 Å². The number of nitrogens with zero attached hydrogens (tertiary/aromatic N) is 2. The second kappa shape index (κ2) is 7.14. The lowest BCUT2D eigenvalue weighted by Crippen LogP contribution is -2.11. The van der Waals surface area contributed by atoms with Gasteiger partial charge in [0.15, 0.2) is 0 Å². The van der Waals surface area contributed by atoms with E-state index in [1.165, 1.54) is 6.07 Å². The largest absolute Gasteiger partial charge is 0.466 e. The van der Waals surface area contributed by atoms with E-state index >= 15 is 0 Å². The summed E-state index contributed by atoms with van der Waals surface area (Å²) in [5.41, 5.74) is -0.257. The number of carbonyl (C=O) groups is 1. The SMILES string of the molecule is CCOC(=O)Cc1cc(C#N)c(C(F)F)c(CBr)n1. The van der Waals surface area contributed by atoms with Crippen LogP contribution in [0.2, 0.25) is 0 Å². The van der Waals surface area contributed by atoms with Gasteiger partial charge in [0.1, 0.15) is 0 Å². The van der Waals surface area contributed by atoms with Crippen LogP contribution in [-0.2, 0) is 21.3 Å². The van der Waals surface area contributed by atoms with E-state index < -0.39 is 18.0 Å². The Labute approximate surface area is 117 Å². The Hall–Kier alpha value is -1.55. The van der Waals surface area contributed by atoms with Crippen molar-refractivity contribution in [3.05, 3.63) is 28.6 Å². The van der Waals surface area contributed by atoms with Crippen molar-refractivity contribution in [3.63, 3.8) is 0 Å². The Morgan fingerprint density at radius 3 is 2.79 bits per heavy atom. The van der Waals surface area contributed by atoms with Crippen LogP contribution in [0.4, 0.5) is 8.78 Å². The molecule has 0 aromatic carbocycles. The highest BCUT2D eigenvalue weighted by Gasteiger charge is 2.21. The first-order chi connectivity index (χ1) is 9.03. The summed E-state index contributed by atoms with van der Waals surface area (Å²) >= 11 is 3.05. The van der Waals surface area contributed by atoms with Gasteiger partial charge in [0.2, 0.25) is 0 Å². The van der Waals surface area contributed by atoms with E-state index in [0.29, 0.717) is 0 Å². The van der Waals surface area contributed by atoms with E-state index in [-0.39, 0.29) is 35.3 Å². The highest BCUT2D eigenvalue weighted by atomic mass is 79.9. The number of carbonyl (C=O) groups excluding carboxylic acids is 1. The van der Waals surface area contributed by atoms with Gasteiger partial charge in [-0.1, -0.05) is 15.9 Å². The summed E-state index contributed by atoms with van der Waals surface area (Å²) in [4.78, 5) is 15.3. The maximum atomic E-state index is 12.9. The Kier molecular flexibility index (Phi) is 5.83. The van der Waals surface area contributed by atoms with E-state index in [1.807, 2.05) is 0 Å². The number of pyridine rings is 1. The highest BCUT2D eigenvalue weighted by molar-refractivity contribution is 9.08. The number of ether oxygens (including phenoxy) is 1. The molecule has 1 rings (SSSR count). The Bertz CT molecular complexity index is 515. The maximum Gasteiger partial charge on any atom is 0.311 e. The number of aromatic nitrogens is 1. The molecular formula is C12H11BrF2N2O2. The maximum absolute atomic E-state index is 12.9. The minimum absolute atomic E-state index is 0.0633. The quantitative estimate of drug-likeness (QED) is 0.614. The molecule has 0 aliphatic rings. The average Bonchev–Trinajstić information content (AvgIpc) is 2.37. The summed E-state index contributed by atoms with van der Waals surface area (Å²) in [5, 5.41) is 8.99. The molecule has 0 aliphatic heterocycles. The molecule has 0 saturated carbocycles. The normalized spacial score (nSPS) is 10.3. The summed E-state index contributed by atoms with van der Waals surface area (Å²) in [5.74, 6) is -0.510. The zero-order chi connectivity index (χ0) is 14.4. The standard InChI is InChI=1S/C12H11BrF2N2O2/c1-2-19-10(18)4-8-3-7(6-16)11(12(14)15)9(5-13)17-8/h3,12H,2,4-5H2,1H3. The minimum atomic E-state index is -2.79. The van der Waals surface area contributed by atoms with E-state index in [9.17, 15) is 13.6 Å². The molecule has 0 radical (unpaired) electrons. The summed E-state index contributed by atoms with van der Waals surface area (Å²) in [6.07, 6.45) is -2.93.